The second kappa shape index (κ2) is 16.9. The van der Waals surface area contributed by atoms with Gasteiger partial charge in [-0.2, -0.15) is 28.1 Å². The number of aromatic nitrogens is 3. The first-order valence-electron chi connectivity index (χ1n) is 17.8. The molecule has 0 radical (unpaired) electrons. The van der Waals surface area contributed by atoms with E-state index in [2.05, 4.69) is 36.2 Å². The van der Waals surface area contributed by atoms with E-state index in [1.807, 2.05) is 42.5 Å². The molecule has 4 N–H and O–H groups in total. The number of methoxy groups -OCH3 is 1. The van der Waals surface area contributed by atoms with Crippen LogP contribution in [0.25, 0.3) is 0 Å². The molecule has 2 aliphatic rings. The lowest BCUT2D eigenvalue weighted by atomic mass is 9.91. The quantitative estimate of drug-likeness (QED) is 0.0681. The Hall–Kier alpha value is -5.77. The van der Waals surface area contributed by atoms with E-state index < -0.39 is 53.9 Å². The minimum atomic E-state index is -4.63. The molecule has 2 aliphatic carbocycles. The van der Waals surface area contributed by atoms with Gasteiger partial charge in [-0.25, -0.2) is 4.79 Å². The number of hydrogen-bond donors (Lipinski definition) is 4. The molecule has 2 amide bonds. The van der Waals surface area contributed by atoms with Crippen LogP contribution in [0.4, 0.5) is 30.8 Å². The molecular formula is C39H39ClF3N7O6. The fraction of sp³-hybridized carbons (Fsp3) is 0.359. The van der Waals surface area contributed by atoms with Crippen LogP contribution in [-0.2, 0) is 31.1 Å². The Morgan fingerprint density at radius 1 is 0.875 bits per heavy atom. The summed E-state index contributed by atoms with van der Waals surface area (Å²) in [6.07, 6.45) is -0.689. The Bertz CT molecular complexity index is 2050. The van der Waals surface area contributed by atoms with Gasteiger partial charge < -0.3 is 30.7 Å². The minimum absolute atomic E-state index is 0.0209. The summed E-state index contributed by atoms with van der Waals surface area (Å²) >= 11 is 6.04. The number of hydrogen-bond acceptors (Lipinski definition) is 11. The highest BCUT2D eigenvalue weighted by Gasteiger charge is 2.46. The highest BCUT2D eigenvalue weighted by Crippen LogP contribution is 2.51. The average molecular weight is 794 g/mol. The third-order valence-electron chi connectivity index (χ3n) is 9.56. The number of nitrogens with zero attached hydrogens (tertiary/aromatic N) is 3. The number of halogens is 4. The van der Waals surface area contributed by atoms with Crippen LogP contribution >= 0.6 is 11.6 Å². The molecule has 13 nitrogen and oxygen atoms in total. The zero-order chi connectivity index (χ0) is 39.9. The van der Waals surface area contributed by atoms with Crippen LogP contribution in [0.3, 0.4) is 0 Å². The number of alkyl halides is 3. The van der Waals surface area contributed by atoms with Gasteiger partial charge in [0.2, 0.25) is 17.7 Å². The summed E-state index contributed by atoms with van der Waals surface area (Å²) in [4.78, 5) is 63.4. The largest absolute Gasteiger partial charge is 0.467 e. The summed E-state index contributed by atoms with van der Waals surface area (Å²) in [7, 11) is 1.16. The van der Waals surface area contributed by atoms with E-state index in [9.17, 15) is 32.3 Å². The third kappa shape index (κ3) is 10.9. The monoisotopic (exact) mass is 793 g/mol. The van der Waals surface area contributed by atoms with Crippen molar-refractivity contribution in [2.75, 3.05) is 30.9 Å². The Balaban J connectivity index is 1.05. The van der Waals surface area contributed by atoms with Crippen molar-refractivity contribution in [1.29, 1.82) is 0 Å². The van der Waals surface area contributed by atoms with Gasteiger partial charge >= 0.3 is 18.2 Å². The first kappa shape index (κ1) is 39.9. The highest BCUT2D eigenvalue weighted by molar-refractivity contribution is 6.36. The zero-order valence-corrected chi connectivity index (χ0v) is 31.0. The first-order valence-corrected chi connectivity index (χ1v) is 18.2. The highest BCUT2D eigenvalue weighted by atomic mass is 35.5. The summed E-state index contributed by atoms with van der Waals surface area (Å²) in [5, 5.41) is 11.8. The second-order valence-electron chi connectivity index (χ2n) is 13.9. The maximum atomic E-state index is 13.1. The Labute approximate surface area is 325 Å². The number of carbonyl (C=O) groups excluding carboxylic acids is 4. The van der Waals surface area contributed by atoms with Gasteiger partial charge in [0.1, 0.15) is 6.04 Å². The van der Waals surface area contributed by atoms with E-state index in [1.165, 1.54) is 24.3 Å². The molecule has 1 heterocycles. The summed E-state index contributed by atoms with van der Waals surface area (Å²) in [6, 6.07) is 21.1. The molecule has 294 valence electrons. The second-order valence-corrected chi connectivity index (χ2v) is 14.4. The van der Waals surface area contributed by atoms with Gasteiger partial charge in [-0.05, 0) is 91.5 Å². The lowest BCUT2D eigenvalue weighted by Gasteiger charge is -2.19. The summed E-state index contributed by atoms with van der Waals surface area (Å²) < 4.78 is 48.6. The van der Waals surface area contributed by atoms with Crippen LogP contribution in [0.2, 0.25) is 5.02 Å². The van der Waals surface area contributed by atoms with Crippen molar-refractivity contribution < 1.29 is 41.8 Å². The molecule has 0 aliphatic heterocycles. The van der Waals surface area contributed by atoms with Crippen molar-refractivity contribution in [1.82, 2.24) is 25.6 Å². The number of amides is 2. The van der Waals surface area contributed by atoms with Gasteiger partial charge in [0.25, 0.3) is 11.8 Å². The van der Waals surface area contributed by atoms with Crippen LogP contribution in [-0.4, -0.2) is 71.0 Å². The predicted octanol–water partition coefficient (Wildman–Crippen LogP) is 6.07. The molecule has 6 rings (SSSR count). The molecule has 0 unspecified atom stereocenters. The van der Waals surface area contributed by atoms with Gasteiger partial charge in [-0.1, -0.05) is 54.1 Å². The lowest BCUT2D eigenvalue weighted by molar-refractivity contribution is -0.154. The van der Waals surface area contributed by atoms with Gasteiger partial charge in [-0.15, -0.1) is 0 Å². The maximum absolute atomic E-state index is 13.1. The number of rotatable bonds is 18. The van der Waals surface area contributed by atoms with Gasteiger partial charge in [0.15, 0.2) is 6.61 Å². The number of benzene rings is 3. The van der Waals surface area contributed by atoms with Gasteiger partial charge in [-0.3, -0.25) is 14.4 Å². The molecule has 17 heteroatoms. The van der Waals surface area contributed by atoms with E-state index in [4.69, 9.17) is 21.1 Å². The zero-order valence-electron chi connectivity index (χ0n) is 30.2. The number of Topliss-reactive ketones (excluding diaryl/α,β-unsaturated/α-hetero) is 1. The Kier molecular flexibility index (Phi) is 12.1. The summed E-state index contributed by atoms with van der Waals surface area (Å²) in [6.45, 7) is -1.69. The molecule has 56 heavy (non-hydrogen) atoms. The first-order chi connectivity index (χ1) is 26.7. The smallest absolute Gasteiger partial charge is 0.422 e. The molecule has 0 saturated heterocycles. The topological polar surface area (TPSA) is 174 Å². The Morgan fingerprint density at radius 2 is 1.55 bits per heavy atom. The number of ketones is 1. The van der Waals surface area contributed by atoms with Crippen molar-refractivity contribution in [3.8, 4) is 6.01 Å². The van der Waals surface area contributed by atoms with Crippen molar-refractivity contribution >= 4 is 52.8 Å². The molecule has 4 aromatic rings. The Morgan fingerprint density at radius 3 is 2.18 bits per heavy atom. The van der Waals surface area contributed by atoms with Crippen LogP contribution in [0.15, 0.2) is 78.9 Å². The SMILES string of the molecule is COC(=O)[C@H](CCNC(=O)C(=O)CC1(Cc2ccccc2)CC1)NC(=O)c1ccc(Nc2nc(NC3(c4ccc(Cl)cc4)CC3)nc(OCC(F)(F)F)n2)cc1. The van der Waals surface area contributed by atoms with E-state index in [0.29, 0.717) is 30.0 Å². The van der Waals surface area contributed by atoms with Crippen molar-refractivity contribution in [2.24, 2.45) is 5.41 Å². The fourth-order valence-electron chi connectivity index (χ4n) is 6.21. The van der Waals surface area contributed by atoms with E-state index >= 15 is 0 Å². The third-order valence-corrected chi connectivity index (χ3v) is 9.81. The number of nitrogens with one attached hydrogen (secondary N) is 4. The summed E-state index contributed by atoms with van der Waals surface area (Å²) in [5.74, 6) is -2.81. The van der Waals surface area contributed by atoms with Gasteiger partial charge in [0.05, 0.1) is 12.6 Å². The molecule has 0 bridgehead atoms. The summed E-state index contributed by atoms with van der Waals surface area (Å²) in [5.41, 5.74) is 1.76. The van der Waals surface area contributed by atoms with E-state index in [0.717, 1.165) is 31.1 Å². The maximum Gasteiger partial charge on any atom is 0.422 e. The van der Waals surface area contributed by atoms with Crippen molar-refractivity contribution in [3.05, 3.63) is 101 Å². The molecule has 2 saturated carbocycles. The number of anilines is 3. The van der Waals surface area contributed by atoms with E-state index in [1.54, 1.807) is 12.1 Å². The predicted molar refractivity (Wildman–Crippen MR) is 199 cm³/mol. The molecule has 2 fully saturated rings. The minimum Gasteiger partial charge on any atom is -0.467 e. The molecule has 1 atom stereocenters. The van der Waals surface area contributed by atoms with Crippen LogP contribution in [0.5, 0.6) is 6.01 Å². The average Bonchev–Trinajstić information content (AvgIpc) is 4.12. The molecule has 0 spiro atoms. The number of carbonyl (C=O) groups is 4. The molecule has 3 aromatic carbocycles. The number of esters is 1. The number of ether oxygens (including phenoxy) is 2. The lowest BCUT2D eigenvalue weighted by Crippen LogP contribution is -2.44. The van der Waals surface area contributed by atoms with Crippen LogP contribution < -0.4 is 26.0 Å². The van der Waals surface area contributed by atoms with E-state index in [-0.39, 0.29) is 42.3 Å². The molecular weight excluding hydrogens is 755 g/mol. The molecule has 1 aromatic heterocycles. The van der Waals surface area contributed by atoms with Crippen LogP contribution in [0, 0.1) is 5.41 Å². The van der Waals surface area contributed by atoms with Crippen molar-refractivity contribution in [2.45, 2.75) is 62.7 Å². The van der Waals surface area contributed by atoms with Crippen LogP contribution in [0.1, 0.15) is 60.0 Å². The van der Waals surface area contributed by atoms with Crippen molar-refractivity contribution in [3.63, 3.8) is 0 Å². The standard InChI is InChI=1S/C39H39ClF3N7O6/c1-55-33(54)29(15-20-44-32(53)30(51)22-37(16-17-37)21-24-5-3-2-4-6-24)46-31(52)25-7-13-28(14-8-25)45-34-47-35(49-36(48-34)56-23-39(41,42)43)50-38(18-19-38)26-9-11-27(40)12-10-26/h2-14,29H,15-23H2,1H3,(H,44,53)(H,46,52)(H2,45,47,48,49,50)/t29-/m0/s1. The van der Waals surface area contributed by atoms with Gasteiger partial charge in [0, 0.05) is 29.2 Å². The normalized spacial score (nSPS) is 15.4. The fourth-order valence-corrected chi connectivity index (χ4v) is 6.34.